The Morgan fingerprint density at radius 1 is 1.07 bits per heavy atom. The number of nitrogens with zero attached hydrogens (tertiary/aromatic N) is 2. The summed E-state index contributed by atoms with van der Waals surface area (Å²) in [7, 11) is 0. The van der Waals surface area contributed by atoms with Gasteiger partial charge in [0.1, 0.15) is 0 Å². The minimum atomic E-state index is 0.0474. The van der Waals surface area contributed by atoms with Crippen LogP contribution in [-0.2, 0) is 17.8 Å². The number of nitrogens with one attached hydrogen (secondary N) is 1. The highest BCUT2D eigenvalue weighted by Crippen LogP contribution is 2.29. The van der Waals surface area contributed by atoms with Crippen LogP contribution in [0.5, 0.6) is 0 Å². The number of piperazine rings is 1. The molecule has 1 amide bonds. The van der Waals surface area contributed by atoms with Crippen LogP contribution in [0.2, 0.25) is 0 Å². The fraction of sp³-hybridized carbons (Fsp3) is 0.480. The van der Waals surface area contributed by atoms with Crippen LogP contribution in [-0.4, -0.2) is 47.4 Å². The number of aryl methyl sites for hydroxylation is 1. The van der Waals surface area contributed by atoms with E-state index in [0.717, 1.165) is 45.4 Å². The van der Waals surface area contributed by atoms with Gasteiger partial charge in [-0.1, -0.05) is 54.6 Å². The molecule has 29 heavy (non-hydrogen) atoms. The minimum absolute atomic E-state index is 0.0474. The summed E-state index contributed by atoms with van der Waals surface area (Å²) in [6.45, 7) is 8.86. The number of rotatable bonds is 5. The molecule has 0 radical (unpaired) electrons. The summed E-state index contributed by atoms with van der Waals surface area (Å²) in [5.74, 6) is 0.152. The molecule has 154 valence electrons. The molecule has 1 fully saturated rings. The number of benzene rings is 2. The van der Waals surface area contributed by atoms with Gasteiger partial charge in [-0.3, -0.25) is 14.6 Å². The van der Waals surface area contributed by atoms with E-state index in [1.165, 1.54) is 16.7 Å². The van der Waals surface area contributed by atoms with Crippen molar-refractivity contribution in [2.24, 2.45) is 0 Å². The SMILES string of the molecule is CC1(C)CN(CC(=O)NC2CCCc3ccccc32)CCN1Cc1ccccc1. The fourth-order valence-electron chi connectivity index (χ4n) is 4.87. The molecule has 1 aliphatic carbocycles. The van der Waals surface area contributed by atoms with Crippen molar-refractivity contribution in [3.63, 3.8) is 0 Å². The van der Waals surface area contributed by atoms with Crippen molar-refractivity contribution >= 4 is 5.91 Å². The van der Waals surface area contributed by atoms with E-state index in [0.29, 0.717) is 6.54 Å². The fourth-order valence-corrected chi connectivity index (χ4v) is 4.87. The molecular formula is C25H33N3O. The molecule has 0 aromatic heterocycles. The third kappa shape index (κ3) is 4.88. The third-order valence-corrected chi connectivity index (χ3v) is 6.44. The van der Waals surface area contributed by atoms with Crippen LogP contribution in [0.4, 0.5) is 0 Å². The number of amides is 1. The van der Waals surface area contributed by atoms with Crippen LogP contribution < -0.4 is 5.32 Å². The highest BCUT2D eigenvalue weighted by molar-refractivity contribution is 5.78. The van der Waals surface area contributed by atoms with E-state index < -0.39 is 0 Å². The lowest BCUT2D eigenvalue weighted by Crippen LogP contribution is -2.60. The van der Waals surface area contributed by atoms with Crippen LogP contribution >= 0.6 is 0 Å². The van der Waals surface area contributed by atoms with Gasteiger partial charge in [0.25, 0.3) is 0 Å². The van der Waals surface area contributed by atoms with E-state index in [9.17, 15) is 4.79 Å². The molecular weight excluding hydrogens is 358 g/mol. The first-order valence-corrected chi connectivity index (χ1v) is 10.9. The Labute approximate surface area is 174 Å². The van der Waals surface area contributed by atoms with Gasteiger partial charge in [0.15, 0.2) is 0 Å². The van der Waals surface area contributed by atoms with Crippen molar-refractivity contribution in [2.75, 3.05) is 26.2 Å². The van der Waals surface area contributed by atoms with Gasteiger partial charge >= 0.3 is 0 Å². The molecule has 0 bridgehead atoms. The lowest BCUT2D eigenvalue weighted by molar-refractivity contribution is -0.124. The summed E-state index contributed by atoms with van der Waals surface area (Å²) < 4.78 is 0. The molecule has 1 saturated heterocycles. The molecule has 1 N–H and O–H groups in total. The van der Waals surface area contributed by atoms with Crippen molar-refractivity contribution in [2.45, 2.75) is 51.2 Å². The van der Waals surface area contributed by atoms with E-state index in [1.54, 1.807) is 0 Å². The number of hydrogen-bond donors (Lipinski definition) is 1. The summed E-state index contributed by atoms with van der Waals surface area (Å²) in [5.41, 5.74) is 4.09. The summed E-state index contributed by atoms with van der Waals surface area (Å²) in [5, 5.41) is 3.31. The van der Waals surface area contributed by atoms with E-state index in [2.05, 4.69) is 83.6 Å². The monoisotopic (exact) mass is 391 g/mol. The lowest BCUT2D eigenvalue weighted by Gasteiger charge is -2.47. The maximum atomic E-state index is 12.8. The Hall–Kier alpha value is -2.17. The molecule has 4 nitrogen and oxygen atoms in total. The van der Waals surface area contributed by atoms with Crippen LogP contribution in [0.25, 0.3) is 0 Å². The normalized spacial score (nSPS) is 22.1. The first-order chi connectivity index (χ1) is 14.0. The van der Waals surface area contributed by atoms with Crippen LogP contribution in [0, 0.1) is 0 Å². The van der Waals surface area contributed by atoms with Crippen LogP contribution in [0.15, 0.2) is 54.6 Å². The van der Waals surface area contributed by atoms with Crippen molar-refractivity contribution < 1.29 is 4.79 Å². The second kappa shape index (κ2) is 8.68. The number of carbonyl (C=O) groups is 1. The Morgan fingerprint density at radius 3 is 2.62 bits per heavy atom. The first kappa shape index (κ1) is 20.1. The summed E-state index contributed by atoms with van der Waals surface area (Å²) in [6.07, 6.45) is 3.31. The van der Waals surface area contributed by atoms with Crippen LogP contribution in [0.1, 0.15) is 49.4 Å². The minimum Gasteiger partial charge on any atom is -0.348 e. The average molecular weight is 392 g/mol. The Morgan fingerprint density at radius 2 is 1.83 bits per heavy atom. The molecule has 2 aromatic carbocycles. The molecule has 1 unspecified atom stereocenters. The third-order valence-electron chi connectivity index (χ3n) is 6.44. The van der Waals surface area contributed by atoms with Gasteiger partial charge in [0, 0.05) is 31.7 Å². The summed E-state index contributed by atoms with van der Waals surface area (Å²) in [6, 6.07) is 19.4. The molecule has 0 saturated carbocycles. The predicted molar refractivity (Wildman–Crippen MR) is 118 cm³/mol. The van der Waals surface area contributed by atoms with Gasteiger partial charge in [0.05, 0.1) is 12.6 Å². The second-order valence-electron chi connectivity index (χ2n) is 9.14. The van der Waals surface area contributed by atoms with Crippen molar-refractivity contribution in [1.29, 1.82) is 0 Å². The number of fused-ring (bicyclic) bond motifs is 1. The van der Waals surface area contributed by atoms with Crippen LogP contribution in [0.3, 0.4) is 0 Å². The number of carbonyl (C=O) groups excluding carboxylic acids is 1. The lowest BCUT2D eigenvalue weighted by atomic mass is 9.88. The van der Waals surface area contributed by atoms with Gasteiger partial charge in [0.2, 0.25) is 5.91 Å². The largest absolute Gasteiger partial charge is 0.348 e. The van der Waals surface area contributed by atoms with Crippen molar-refractivity contribution in [1.82, 2.24) is 15.1 Å². The quantitative estimate of drug-likeness (QED) is 0.843. The maximum Gasteiger partial charge on any atom is 0.234 e. The molecule has 1 atom stereocenters. The highest BCUT2D eigenvalue weighted by Gasteiger charge is 2.34. The Kier molecular flexibility index (Phi) is 6.02. The van der Waals surface area contributed by atoms with Gasteiger partial charge in [-0.2, -0.15) is 0 Å². The van der Waals surface area contributed by atoms with Gasteiger partial charge in [-0.15, -0.1) is 0 Å². The molecule has 2 aromatic rings. The molecule has 1 heterocycles. The summed E-state index contributed by atoms with van der Waals surface area (Å²) in [4.78, 5) is 17.7. The molecule has 2 aliphatic rings. The van der Waals surface area contributed by atoms with Gasteiger partial charge in [-0.25, -0.2) is 0 Å². The maximum absolute atomic E-state index is 12.8. The van der Waals surface area contributed by atoms with E-state index in [-0.39, 0.29) is 17.5 Å². The van der Waals surface area contributed by atoms with Gasteiger partial charge in [-0.05, 0) is 49.8 Å². The molecule has 4 rings (SSSR count). The zero-order chi connectivity index (χ0) is 20.3. The molecule has 0 spiro atoms. The first-order valence-electron chi connectivity index (χ1n) is 10.9. The molecule has 4 heteroatoms. The van der Waals surface area contributed by atoms with Crippen molar-refractivity contribution in [3.05, 3.63) is 71.3 Å². The van der Waals surface area contributed by atoms with Gasteiger partial charge < -0.3 is 5.32 Å². The van der Waals surface area contributed by atoms with E-state index in [4.69, 9.17) is 0 Å². The van der Waals surface area contributed by atoms with Crippen molar-refractivity contribution in [3.8, 4) is 0 Å². The summed E-state index contributed by atoms with van der Waals surface area (Å²) >= 11 is 0. The smallest absolute Gasteiger partial charge is 0.234 e. The van der Waals surface area contributed by atoms with E-state index in [1.807, 2.05) is 0 Å². The Bertz CT molecular complexity index is 833. The molecule has 1 aliphatic heterocycles. The average Bonchev–Trinajstić information content (AvgIpc) is 2.71. The topological polar surface area (TPSA) is 35.6 Å². The van der Waals surface area contributed by atoms with E-state index >= 15 is 0 Å². The zero-order valence-corrected chi connectivity index (χ0v) is 17.7. The highest BCUT2D eigenvalue weighted by atomic mass is 16.2. The second-order valence-corrected chi connectivity index (χ2v) is 9.14. The predicted octanol–water partition coefficient (Wildman–Crippen LogP) is 3.78. The standard InChI is InChI=1S/C25H33N3O/c1-25(2)19-27(15-16-28(25)17-20-9-4-3-5-10-20)18-24(29)26-23-14-8-12-21-11-6-7-13-22(21)23/h3-7,9-11,13,23H,8,12,14-19H2,1-2H3,(H,26,29). The number of hydrogen-bond acceptors (Lipinski definition) is 3. The zero-order valence-electron chi connectivity index (χ0n) is 17.7. The Balaban J connectivity index is 1.32.